The van der Waals surface area contributed by atoms with Crippen molar-refractivity contribution in [2.24, 2.45) is 0 Å². The number of carbonyl (C=O) groups excluding carboxylic acids is 1. The van der Waals surface area contributed by atoms with Gasteiger partial charge in [-0.1, -0.05) is 18.2 Å². The molecule has 0 saturated heterocycles. The highest BCUT2D eigenvalue weighted by Gasteiger charge is 2.08. The number of carbonyl (C=O) groups is 1. The van der Waals surface area contributed by atoms with E-state index in [9.17, 15) is 4.79 Å². The molecule has 3 aromatic rings. The van der Waals surface area contributed by atoms with Gasteiger partial charge in [0.05, 0.1) is 5.52 Å². The topological polar surface area (TPSA) is 60.0 Å². The lowest BCUT2D eigenvalue weighted by Gasteiger charge is -2.08. The summed E-state index contributed by atoms with van der Waals surface area (Å²) in [6, 6.07) is 15.4. The van der Waals surface area contributed by atoms with E-state index in [0.717, 1.165) is 27.8 Å². The van der Waals surface area contributed by atoms with Gasteiger partial charge in [-0.15, -0.1) is 0 Å². The first-order chi connectivity index (χ1) is 10.1. The van der Waals surface area contributed by atoms with Gasteiger partial charge in [0.1, 0.15) is 6.54 Å². The molecule has 2 aromatic carbocycles. The van der Waals surface area contributed by atoms with Crippen molar-refractivity contribution in [1.29, 1.82) is 0 Å². The van der Waals surface area contributed by atoms with Gasteiger partial charge in [0.2, 0.25) is 5.91 Å². The molecule has 4 nitrogen and oxygen atoms in total. The fraction of sp³-hybridized carbons (Fsp3) is 0.118. The molecule has 106 valence electrons. The Morgan fingerprint density at radius 2 is 2.00 bits per heavy atom. The highest BCUT2D eigenvalue weighted by molar-refractivity contribution is 5.94. The van der Waals surface area contributed by atoms with Crippen LogP contribution in [-0.2, 0) is 11.3 Å². The molecule has 21 heavy (non-hydrogen) atoms. The number of hydrogen-bond donors (Lipinski definition) is 2. The molecule has 0 aliphatic carbocycles. The Bertz CT molecular complexity index is 805. The van der Waals surface area contributed by atoms with E-state index in [1.165, 1.54) is 0 Å². The summed E-state index contributed by atoms with van der Waals surface area (Å²) in [5, 5.41) is 3.88. The van der Waals surface area contributed by atoms with E-state index in [4.69, 9.17) is 5.73 Å². The Morgan fingerprint density at radius 1 is 1.19 bits per heavy atom. The summed E-state index contributed by atoms with van der Waals surface area (Å²) in [5.41, 5.74) is 9.55. The van der Waals surface area contributed by atoms with E-state index in [1.54, 1.807) is 0 Å². The summed E-state index contributed by atoms with van der Waals surface area (Å²) >= 11 is 0. The van der Waals surface area contributed by atoms with Crippen molar-refractivity contribution in [1.82, 2.24) is 4.57 Å². The third-order valence-corrected chi connectivity index (χ3v) is 3.46. The zero-order valence-electron chi connectivity index (χ0n) is 11.8. The quantitative estimate of drug-likeness (QED) is 0.723. The molecule has 0 radical (unpaired) electrons. The van der Waals surface area contributed by atoms with Crippen molar-refractivity contribution < 1.29 is 4.79 Å². The molecular formula is C17H17N3O. The summed E-state index contributed by atoms with van der Waals surface area (Å²) in [7, 11) is 0. The standard InChI is InChI=1S/C17H17N3O/c1-12-4-2-5-13(10-12)19-17(21)11-20-9-8-14-15(18)6-3-7-16(14)20/h2-10H,11,18H2,1H3,(H,19,21). The lowest BCUT2D eigenvalue weighted by atomic mass is 10.2. The number of aromatic nitrogens is 1. The van der Waals surface area contributed by atoms with Crippen LogP contribution in [-0.4, -0.2) is 10.5 Å². The van der Waals surface area contributed by atoms with Crippen LogP contribution in [0.1, 0.15) is 5.56 Å². The molecule has 0 aliphatic rings. The van der Waals surface area contributed by atoms with Crippen molar-refractivity contribution in [3.05, 3.63) is 60.3 Å². The van der Waals surface area contributed by atoms with Crippen LogP contribution >= 0.6 is 0 Å². The Labute approximate surface area is 123 Å². The second-order valence-electron chi connectivity index (χ2n) is 5.14. The fourth-order valence-corrected chi connectivity index (χ4v) is 2.46. The monoisotopic (exact) mass is 279 g/mol. The normalized spacial score (nSPS) is 10.7. The molecule has 1 amide bonds. The Hall–Kier alpha value is -2.75. The van der Waals surface area contributed by atoms with Gasteiger partial charge in [-0.3, -0.25) is 4.79 Å². The van der Waals surface area contributed by atoms with Gasteiger partial charge in [0, 0.05) is 23.0 Å². The molecule has 0 saturated carbocycles. The predicted molar refractivity (Wildman–Crippen MR) is 86.2 cm³/mol. The Balaban J connectivity index is 1.79. The minimum atomic E-state index is -0.0551. The van der Waals surface area contributed by atoms with E-state index < -0.39 is 0 Å². The first kappa shape index (κ1) is 13.2. The number of aryl methyl sites for hydroxylation is 1. The molecular weight excluding hydrogens is 262 g/mol. The van der Waals surface area contributed by atoms with Crippen molar-refractivity contribution in [2.75, 3.05) is 11.1 Å². The number of nitrogens with two attached hydrogens (primary N) is 1. The van der Waals surface area contributed by atoms with E-state index in [-0.39, 0.29) is 12.5 Å². The average molecular weight is 279 g/mol. The maximum absolute atomic E-state index is 12.2. The lowest BCUT2D eigenvalue weighted by molar-refractivity contribution is -0.116. The number of hydrogen-bond acceptors (Lipinski definition) is 2. The van der Waals surface area contributed by atoms with Gasteiger partial charge in [-0.05, 0) is 42.8 Å². The van der Waals surface area contributed by atoms with Crippen LogP contribution < -0.4 is 11.1 Å². The summed E-state index contributed by atoms with van der Waals surface area (Å²) < 4.78 is 1.90. The van der Waals surface area contributed by atoms with Gasteiger partial charge in [-0.2, -0.15) is 0 Å². The summed E-state index contributed by atoms with van der Waals surface area (Å²) in [4.78, 5) is 12.2. The molecule has 0 aliphatic heterocycles. The Morgan fingerprint density at radius 3 is 2.81 bits per heavy atom. The second-order valence-corrected chi connectivity index (χ2v) is 5.14. The SMILES string of the molecule is Cc1cccc(NC(=O)Cn2ccc3c(N)cccc32)c1. The number of amides is 1. The predicted octanol–water partition coefficient (Wildman–Crippen LogP) is 3.17. The van der Waals surface area contributed by atoms with Gasteiger partial charge in [-0.25, -0.2) is 0 Å². The number of fused-ring (bicyclic) bond motifs is 1. The van der Waals surface area contributed by atoms with Crippen molar-refractivity contribution in [3.8, 4) is 0 Å². The number of nitrogens with zero attached hydrogens (tertiary/aromatic N) is 1. The Kier molecular flexibility index (Phi) is 3.36. The van der Waals surface area contributed by atoms with Crippen LogP contribution in [0, 0.1) is 6.92 Å². The minimum absolute atomic E-state index is 0.0551. The van der Waals surface area contributed by atoms with Crippen molar-refractivity contribution >= 4 is 28.2 Å². The molecule has 0 fully saturated rings. The van der Waals surface area contributed by atoms with Gasteiger partial charge in [0.15, 0.2) is 0 Å². The zero-order chi connectivity index (χ0) is 14.8. The maximum atomic E-state index is 12.2. The van der Waals surface area contributed by atoms with Crippen LogP contribution in [0.3, 0.4) is 0 Å². The van der Waals surface area contributed by atoms with Crippen LogP contribution in [0.25, 0.3) is 10.9 Å². The number of rotatable bonds is 3. The highest BCUT2D eigenvalue weighted by Crippen LogP contribution is 2.22. The third kappa shape index (κ3) is 2.74. The lowest BCUT2D eigenvalue weighted by Crippen LogP contribution is -2.18. The highest BCUT2D eigenvalue weighted by atomic mass is 16.1. The third-order valence-electron chi connectivity index (χ3n) is 3.46. The maximum Gasteiger partial charge on any atom is 0.244 e. The average Bonchev–Trinajstić information content (AvgIpc) is 2.83. The van der Waals surface area contributed by atoms with E-state index >= 15 is 0 Å². The van der Waals surface area contributed by atoms with E-state index in [1.807, 2.05) is 66.2 Å². The summed E-state index contributed by atoms with van der Waals surface area (Å²) in [5.74, 6) is -0.0551. The number of benzene rings is 2. The van der Waals surface area contributed by atoms with Crippen molar-refractivity contribution in [2.45, 2.75) is 13.5 Å². The zero-order valence-corrected chi connectivity index (χ0v) is 11.8. The molecule has 0 spiro atoms. The van der Waals surface area contributed by atoms with Crippen LogP contribution in [0.4, 0.5) is 11.4 Å². The molecule has 4 heteroatoms. The van der Waals surface area contributed by atoms with Gasteiger partial charge >= 0.3 is 0 Å². The van der Waals surface area contributed by atoms with E-state index in [0.29, 0.717) is 0 Å². The van der Waals surface area contributed by atoms with Crippen LogP contribution in [0.2, 0.25) is 0 Å². The molecule has 1 aromatic heterocycles. The number of nitrogens with one attached hydrogen (secondary N) is 1. The molecule has 0 unspecified atom stereocenters. The number of anilines is 2. The minimum Gasteiger partial charge on any atom is -0.398 e. The van der Waals surface area contributed by atoms with Crippen LogP contribution in [0.15, 0.2) is 54.7 Å². The molecule has 0 bridgehead atoms. The first-order valence-corrected chi connectivity index (χ1v) is 6.83. The largest absolute Gasteiger partial charge is 0.398 e. The van der Waals surface area contributed by atoms with Gasteiger partial charge in [0.25, 0.3) is 0 Å². The van der Waals surface area contributed by atoms with Crippen molar-refractivity contribution in [3.63, 3.8) is 0 Å². The van der Waals surface area contributed by atoms with E-state index in [2.05, 4.69) is 5.32 Å². The molecule has 0 atom stereocenters. The summed E-state index contributed by atoms with van der Waals surface area (Å²) in [6.45, 7) is 2.26. The fourth-order valence-electron chi connectivity index (χ4n) is 2.46. The number of nitrogen functional groups attached to an aromatic ring is 1. The van der Waals surface area contributed by atoms with Gasteiger partial charge < -0.3 is 15.6 Å². The summed E-state index contributed by atoms with van der Waals surface area (Å²) in [6.07, 6.45) is 1.89. The van der Waals surface area contributed by atoms with Crippen LogP contribution in [0.5, 0.6) is 0 Å². The smallest absolute Gasteiger partial charge is 0.244 e. The molecule has 1 heterocycles. The molecule has 3 rings (SSSR count). The molecule has 3 N–H and O–H groups in total. The first-order valence-electron chi connectivity index (χ1n) is 6.83. The second kappa shape index (κ2) is 5.32.